The van der Waals surface area contributed by atoms with E-state index in [9.17, 15) is 13.2 Å². The van der Waals surface area contributed by atoms with E-state index in [0.717, 1.165) is 17.4 Å². The van der Waals surface area contributed by atoms with Gasteiger partial charge in [-0.1, -0.05) is 12.8 Å². The van der Waals surface area contributed by atoms with Crippen molar-refractivity contribution >= 4 is 29.9 Å². The smallest absolute Gasteiger partial charge is 0.370 e. The number of nitrogens with zero attached hydrogens (tertiary/aromatic N) is 3. The summed E-state index contributed by atoms with van der Waals surface area (Å²) >= 11 is 0. The van der Waals surface area contributed by atoms with E-state index in [1.54, 1.807) is 0 Å². The normalized spacial score (nSPS) is 16.8. The van der Waals surface area contributed by atoms with E-state index in [-0.39, 0.29) is 42.3 Å². The van der Waals surface area contributed by atoms with Crippen LogP contribution in [0.2, 0.25) is 0 Å². The number of hydrogen-bond donors (Lipinski definition) is 2. The minimum atomic E-state index is -4.27. The fourth-order valence-corrected chi connectivity index (χ4v) is 2.31. The van der Waals surface area contributed by atoms with Crippen LogP contribution in [0, 0.1) is 0 Å². The maximum absolute atomic E-state index is 12.3. The number of guanidine groups is 1. The van der Waals surface area contributed by atoms with E-state index >= 15 is 0 Å². The Hall–Kier alpha value is -1.00. The second-order valence-electron chi connectivity index (χ2n) is 4.91. The third-order valence-electron chi connectivity index (χ3n) is 3.25. The molecule has 1 fully saturated rings. The number of rotatable bonds is 4. The van der Waals surface area contributed by atoms with Crippen LogP contribution in [0.4, 0.5) is 13.2 Å². The van der Waals surface area contributed by atoms with Crippen molar-refractivity contribution in [2.24, 2.45) is 10.7 Å². The molecule has 0 spiro atoms. The molecule has 0 unspecified atom stereocenters. The highest BCUT2D eigenvalue weighted by Gasteiger charge is 2.28. The number of aromatic nitrogens is 2. The van der Waals surface area contributed by atoms with Crippen molar-refractivity contribution in [1.82, 2.24) is 14.9 Å². The largest absolute Gasteiger partial charge is 0.406 e. The predicted molar refractivity (Wildman–Crippen MR) is 84.4 cm³/mol. The standard InChI is InChI=1S/C12H18F3N5.HI/c13-12(14,15)8-20-6-5-17-10(20)7-18-11(16)19-9-3-1-2-4-9;/h5-6,9H,1-4,7-8H2,(H3,16,18,19);1H. The highest BCUT2D eigenvalue weighted by molar-refractivity contribution is 14.0. The molecule has 0 amide bonds. The molecule has 0 saturated heterocycles. The predicted octanol–water partition coefficient (Wildman–Crippen LogP) is 2.41. The first-order chi connectivity index (χ1) is 9.44. The molecule has 1 aliphatic rings. The number of imidazole rings is 1. The number of nitrogens with one attached hydrogen (secondary N) is 1. The van der Waals surface area contributed by atoms with Crippen LogP contribution < -0.4 is 11.1 Å². The van der Waals surface area contributed by atoms with Gasteiger partial charge in [0.25, 0.3) is 0 Å². The molecule has 1 aliphatic carbocycles. The lowest BCUT2D eigenvalue weighted by atomic mass is 10.2. The maximum atomic E-state index is 12.3. The summed E-state index contributed by atoms with van der Waals surface area (Å²) in [7, 11) is 0. The summed E-state index contributed by atoms with van der Waals surface area (Å²) < 4.78 is 38.1. The minimum Gasteiger partial charge on any atom is -0.370 e. The number of alkyl halides is 3. The SMILES string of the molecule is I.NC(=NCc1nccn1CC(F)(F)F)NC1CCCC1. The molecule has 0 aromatic carbocycles. The van der Waals surface area contributed by atoms with Crippen LogP contribution in [0.25, 0.3) is 0 Å². The van der Waals surface area contributed by atoms with Crippen molar-refractivity contribution in [2.45, 2.75) is 51.0 Å². The lowest BCUT2D eigenvalue weighted by molar-refractivity contribution is -0.141. The fourth-order valence-electron chi connectivity index (χ4n) is 2.31. The Morgan fingerprint density at radius 2 is 2.10 bits per heavy atom. The first-order valence-electron chi connectivity index (χ1n) is 6.57. The Kier molecular flexibility index (Phi) is 6.75. The zero-order valence-electron chi connectivity index (χ0n) is 11.4. The van der Waals surface area contributed by atoms with Crippen LogP contribution in [0.15, 0.2) is 17.4 Å². The van der Waals surface area contributed by atoms with E-state index in [1.165, 1.54) is 25.2 Å². The van der Waals surface area contributed by atoms with Crippen molar-refractivity contribution in [3.8, 4) is 0 Å². The van der Waals surface area contributed by atoms with Gasteiger partial charge >= 0.3 is 6.18 Å². The van der Waals surface area contributed by atoms with Gasteiger partial charge in [0, 0.05) is 18.4 Å². The molecule has 5 nitrogen and oxygen atoms in total. The van der Waals surface area contributed by atoms with Gasteiger partial charge in [-0.3, -0.25) is 0 Å². The van der Waals surface area contributed by atoms with Crippen molar-refractivity contribution in [3.05, 3.63) is 18.2 Å². The van der Waals surface area contributed by atoms with Gasteiger partial charge < -0.3 is 15.6 Å². The Morgan fingerprint density at radius 3 is 2.71 bits per heavy atom. The third-order valence-corrected chi connectivity index (χ3v) is 3.25. The first kappa shape index (κ1) is 18.1. The summed E-state index contributed by atoms with van der Waals surface area (Å²) in [6.07, 6.45) is 2.79. The number of nitrogens with two attached hydrogens (primary N) is 1. The van der Waals surface area contributed by atoms with Crippen molar-refractivity contribution in [2.75, 3.05) is 0 Å². The molecule has 1 aromatic rings. The van der Waals surface area contributed by atoms with Gasteiger partial charge in [-0.05, 0) is 12.8 Å². The fraction of sp³-hybridized carbons (Fsp3) is 0.667. The molecule has 0 aliphatic heterocycles. The molecular formula is C12H19F3IN5. The molecule has 0 radical (unpaired) electrons. The van der Waals surface area contributed by atoms with E-state index in [0.29, 0.717) is 6.04 Å². The summed E-state index contributed by atoms with van der Waals surface area (Å²) in [6.45, 7) is -1.03. The summed E-state index contributed by atoms with van der Waals surface area (Å²) in [5.74, 6) is 0.511. The Morgan fingerprint density at radius 1 is 1.43 bits per heavy atom. The molecule has 0 atom stereocenters. The van der Waals surface area contributed by atoms with Gasteiger partial charge in [0.15, 0.2) is 5.96 Å². The lowest BCUT2D eigenvalue weighted by Crippen LogP contribution is -2.38. The van der Waals surface area contributed by atoms with Crippen LogP contribution in [0.3, 0.4) is 0 Å². The molecule has 1 aromatic heterocycles. The molecular weight excluding hydrogens is 398 g/mol. The molecule has 0 bridgehead atoms. The second-order valence-corrected chi connectivity index (χ2v) is 4.91. The molecule has 2 rings (SSSR count). The average molecular weight is 417 g/mol. The third kappa shape index (κ3) is 6.10. The molecule has 3 N–H and O–H groups in total. The molecule has 1 heterocycles. The minimum absolute atomic E-state index is 0. The van der Waals surface area contributed by atoms with Gasteiger partial charge in [0.2, 0.25) is 0 Å². The van der Waals surface area contributed by atoms with Crippen LogP contribution >= 0.6 is 24.0 Å². The molecule has 120 valence electrons. The van der Waals surface area contributed by atoms with Gasteiger partial charge in [-0.25, -0.2) is 9.98 Å². The van der Waals surface area contributed by atoms with E-state index in [1.807, 2.05) is 0 Å². The highest BCUT2D eigenvalue weighted by atomic mass is 127. The Balaban J connectivity index is 0.00000220. The second kappa shape index (κ2) is 7.85. The summed E-state index contributed by atoms with van der Waals surface area (Å²) in [5, 5.41) is 3.08. The average Bonchev–Trinajstić information content (AvgIpc) is 2.96. The van der Waals surface area contributed by atoms with E-state index < -0.39 is 12.7 Å². The lowest BCUT2D eigenvalue weighted by Gasteiger charge is -2.13. The van der Waals surface area contributed by atoms with Gasteiger partial charge in [-0.2, -0.15) is 13.2 Å². The summed E-state index contributed by atoms with van der Waals surface area (Å²) in [4.78, 5) is 7.93. The van der Waals surface area contributed by atoms with Crippen molar-refractivity contribution in [3.63, 3.8) is 0 Å². The quantitative estimate of drug-likeness (QED) is 0.449. The van der Waals surface area contributed by atoms with Gasteiger partial charge in [0.1, 0.15) is 18.9 Å². The van der Waals surface area contributed by atoms with E-state index in [4.69, 9.17) is 5.73 Å². The monoisotopic (exact) mass is 417 g/mol. The van der Waals surface area contributed by atoms with Gasteiger partial charge in [0.05, 0.1) is 0 Å². The Bertz CT molecular complexity index is 466. The molecule has 21 heavy (non-hydrogen) atoms. The number of aliphatic imine (C=N–C) groups is 1. The molecule has 1 saturated carbocycles. The van der Waals surface area contributed by atoms with Crippen LogP contribution in [0.1, 0.15) is 31.5 Å². The van der Waals surface area contributed by atoms with E-state index in [2.05, 4.69) is 15.3 Å². The van der Waals surface area contributed by atoms with Crippen molar-refractivity contribution in [1.29, 1.82) is 0 Å². The molecule has 9 heteroatoms. The number of hydrogen-bond acceptors (Lipinski definition) is 2. The van der Waals surface area contributed by atoms with Crippen LogP contribution in [-0.4, -0.2) is 27.7 Å². The van der Waals surface area contributed by atoms with Crippen LogP contribution in [-0.2, 0) is 13.1 Å². The number of halogens is 4. The zero-order chi connectivity index (χ0) is 14.6. The highest BCUT2D eigenvalue weighted by Crippen LogP contribution is 2.19. The van der Waals surface area contributed by atoms with Crippen molar-refractivity contribution < 1.29 is 13.2 Å². The maximum Gasteiger partial charge on any atom is 0.406 e. The Labute approximate surface area is 138 Å². The topological polar surface area (TPSA) is 68.2 Å². The van der Waals surface area contributed by atoms with Crippen LogP contribution in [0.5, 0.6) is 0 Å². The summed E-state index contributed by atoms with van der Waals surface area (Å²) in [5.41, 5.74) is 5.73. The zero-order valence-corrected chi connectivity index (χ0v) is 13.8. The van der Waals surface area contributed by atoms with Gasteiger partial charge in [-0.15, -0.1) is 24.0 Å². The summed E-state index contributed by atoms with van der Waals surface area (Å²) in [6, 6.07) is 0.327. The first-order valence-corrected chi connectivity index (χ1v) is 6.57.